The molecule has 0 aliphatic heterocycles. The standard InChI is InChI=1S/C24H27F3O4/c1-15(2)21(28)13-18-5-8-19(23(14-18)31-24(25,26)27)11-16(3)22(29)12-17-6-9-20(30-4)10-7-17/h5-10,14-16H,11-13H2,1-4H3. The number of rotatable bonds is 10. The summed E-state index contributed by atoms with van der Waals surface area (Å²) in [6.07, 6.45) is -4.58. The number of benzene rings is 2. The first-order valence-corrected chi connectivity index (χ1v) is 10.0. The second-order valence-electron chi connectivity index (χ2n) is 7.88. The summed E-state index contributed by atoms with van der Waals surface area (Å²) in [5.74, 6) is -0.598. The van der Waals surface area contributed by atoms with E-state index < -0.39 is 12.3 Å². The van der Waals surface area contributed by atoms with Crippen LogP contribution in [0.4, 0.5) is 13.2 Å². The van der Waals surface area contributed by atoms with Crippen molar-refractivity contribution in [3.8, 4) is 11.5 Å². The molecular weight excluding hydrogens is 409 g/mol. The van der Waals surface area contributed by atoms with Gasteiger partial charge >= 0.3 is 6.36 Å². The van der Waals surface area contributed by atoms with Gasteiger partial charge in [-0.3, -0.25) is 9.59 Å². The van der Waals surface area contributed by atoms with Crippen molar-refractivity contribution >= 4 is 11.6 Å². The monoisotopic (exact) mass is 436 g/mol. The fourth-order valence-electron chi connectivity index (χ4n) is 3.07. The molecule has 0 saturated carbocycles. The van der Waals surface area contributed by atoms with Crippen LogP contribution in [-0.4, -0.2) is 25.0 Å². The molecule has 0 bridgehead atoms. The van der Waals surface area contributed by atoms with Crippen LogP contribution in [0.15, 0.2) is 42.5 Å². The van der Waals surface area contributed by atoms with Crippen LogP contribution < -0.4 is 9.47 Å². The third-order valence-corrected chi connectivity index (χ3v) is 4.99. The summed E-state index contributed by atoms with van der Waals surface area (Å²) >= 11 is 0. The van der Waals surface area contributed by atoms with Gasteiger partial charge in [-0.05, 0) is 41.3 Å². The quantitative estimate of drug-likeness (QED) is 0.504. The summed E-state index contributed by atoms with van der Waals surface area (Å²) in [6, 6.07) is 11.4. The van der Waals surface area contributed by atoms with Crippen molar-refractivity contribution < 1.29 is 32.2 Å². The first kappa shape index (κ1) is 24.4. The molecule has 1 atom stereocenters. The van der Waals surface area contributed by atoms with E-state index in [1.54, 1.807) is 58.2 Å². The Hall–Kier alpha value is -2.83. The Morgan fingerprint density at radius 1 is 0.903 bits per heavy atom. The van der Waals surface area contributed by atoms with Crippen molar-refractivity contribution in [1.29, 1.82) is 0 Å². The first-order valence-electron chi connectivity index (χ1n) is 10.0. The Morgan fingerprint density at radius 2 is 1.48 bits per heavy atom. The second-order valence-corrected chi connectivity index (χ2v) is 7.88. The Morgan fingerprint density at radius 3 is 2.03 bits per heavy atom. The van der Waals surface area contributed by atoms with E-state index in [1.807, 2.05) is 0 Å². The fourth-order valence-corrected chi connectivity index (χ4v) is 3.07. The van der Waals surface area contributed by atoms with Crippen LogP contribution >= 0.6 is 0 Å². The SMILES string of the molecule is COc1ccc(CC(=O)C(C)Cc2ccc(CC(=O)C(C)C)cc2OC(F)(F)F)cc1. The van der Waals surface area contributed by atoms with E-state index in [4.69, 9.17) is 4.74 Å². The first-order chi connectivity index (χ1) is 14.5. The molecule has 0 aliphatic carbocycles. The zero-order chi connectivity index (χ0) is 23.2. The molecule has 1 unspecified atom stereocenters. The number of ketones is 2. The van der Waals surface area contributed by atoms with Crippen molar-refractivity contribution in [2.24, 2.45) is 11.8 Å². The number of methoxy groups -OCH3 is 1. The summed E-state index contributed by atoms with van der Waals surface area (Å²) in [4.78, 5) is 24.6. The number of Topliss-reactive ketones (excluding diaryl/α,β-unsaturated/α-hetero) is 2. The van der Waals surface area contributed by atoms with Gasteiger partial charge in [0.2, 0.25) is 0 Å². The Bertz CT molecular complexity index is 902. The van der Waals surface area contributed by atoms with E-state index in [-0.39, 0.29) is 48.1 Å². The highest BCUT2D eigenvalue weighted by atomic mass is 19.4. The fraction of sp³-hybridized carbons (Fsp3) is 0.417. The molecule has 0 N–H and O–H groups in total. The number of hydrogen-bond donors (Lipinski definition) is 0. The molecule has 0 saturated heterocycles. The van der Waals surface area contributed by atoms with Crippen molar-refractivity contribution in [1.82, 2.24) is 0 Å². The molecule has 0 fully saturated rings. The minimum absolute atomic E-state index is 0.0259. The lowest BCUT2D eigenvalue weighted by atomic mass is 9.91. The molecule has 168 valence electrons. The Balaban J connectivity index is 2.16. The highest BCUT2D eigenvalue weighted by Gasteiger charge is 2.32. The van der Waals surface area contributed by atoms with Crippen LogP contribution in [0.1, 0.15) is 37.5 Å². The average molecular weight is 436 g/mol. The maximum atomic E-state index is 12.9. The largest absolute Gasteiger partial charge is 0.573 e. The van der Waals surface area contributed by atoms with Gasteiger partial charge in [0.05, 0.1) is 7.11 Å². The number of halogens is 3. The van der Waals surface area contributed by atoms with Crippen LogP contribution in [-0.2, 0) is 28.9 Å². The Labute approximate surface area is 180 Å². The van der Waals surface area contributed by atoms with Crippen LogP contribution in [0.3, 0.4) is 0 Å². The van der Waals surface area contributed by atoms with Crippen molar-refractivity contribution in [3.05, 3.63) is 59.2 Å². The van der Waals surface area contributed by atoms with Gasteiger partial charge in [0, 0.05) is 24.7 Å². The molecule has 2 aromatic carbocycles. The molecule has 7 heteroatoms. The summed E-state index contributed by atoms with van der Waals surface area (Å²) in [6.45, 7) is 5.15. The van der Waals surface area contributed by atoms with E-state index in [9.17, 15) is 22.8 Å². The van der Waals surface area contributed by atoms with Gasteiger partial charge < -0.3 is 9.47 Å². The van der Waals surface area contributed by atoms with Crippen molar-refractivity contribution in [2.75, 3.05) is 7.11 Å². The van der Waals surface area contributed by atoms with Gasteiger partial charge in [-0.25, -0.2) is 0 Å². The summed E-state index contributed by atoms with van der Waals surface area (Å²) in [5, 5.41) is 0. The van der Waals surface area contributed by atoms with Gasteiger partial charge in [0.25, 0.3) is 0 Å². The van der Waals surface area contributed by atoms with Crippen molar-refractivity contribution in [2.45, 2.75) is 46.4 Å². The van der Waals surface area contributed by atoms with Crippen LogP contribution in [0, 0.1) is 11.8 Å². The summed E-state index contributed by atoms with van der Waals surface area (Å²) in [7, 11) is 1.55. The number of ether oxygens (including phenoxy) is 2. The molecule has 0 amide bonds. The molecule has 0 radical (unpaired) electrons. The smallest absolute Gasteiger partial charge is 0.497 e. The molecule has 31 heavy (non-hydrogen) atoms. The minimum Gasteiger partial charge on any atom is -0.497 e. The van der Waals surface area contributed by atoms with E-state index in [0.717, 1.165) is 5.56 Å². The van der Waals surface area contributed by atoms with Crippen LogP contribution in [0.25, 0.3) is 0 Å². The van der Waals surface area contributed by atoms with E-state index in [0.29, 0.717) is 11.3 Å². The molecular formula is C24H27F3O4. The number of alkyl halides is 3. The molecule has 2 rings (SSSR count). The average Bonchev–Trinajstić information content (AvgIpc) is 2.69. The Kier molecular flexibility index (Phi) is 8.25. The lowest BCUT2D eigenvalue weighted by molar-refractivity contribution is -0.274. The molecule has 0 heterocycles. The van der Waals surface area contributed by atoms with Crippen molar-refractivity contribution in [3.63, 3.8) is 0 Å². The summed E-state index contributed by atoms with van der Waals surface area (Å²) < 4.78 is 48.1. The minimum atomic E-state index is -4.87. The molecule has 0 aliphatic rings. The zero-order valence-electron chi connectivity index (χ0n) is 18.1. The number of hydrogen-bond acceptors (Lipinski definition) is 4. The van der Waals surface area contributed by atoms with Gasteiger partial charge in [0.1, 0.15) is 23.1 Å². The van der Waals surface area contributed by atoms with E-state index >= 15 is 0 Å². The normalized spacial score (nSPS) is 12.5. The molecule has 4 nitrogen and oxygen atoms in total. The van der Waals surface area contributed by atoms with Crippen LogP contribution in [0.2, 0.25) is 0 Å². The predicted molar refractivity (Wildman–Crippen MR) is 111 cm³/mol. The topological polar surface area (TPSA) is 52.6 Å². The van der Waals surface area contributed by atoms with Gasteiger partial charge in [-0.15, -0.1) is 13.2 Å². The van der Waals surface area contributed by atoms with E-state index in [1.165, 1.54) is 12.1 Å². The maximum absolute atomic E-state index is 12.9. The van der Waals surface area contributed by atoms with Gasteiger partial charge in [-0.1, -0.05) is 45.0 Å². The summed E-state index contributed by atoms with van der Waals surface area (Å²) in [5.41, 5.74) is 1.51. The van der Waals surface area contributed by atoms with Gasteiger partial charge in [0.15, 0.2) is 0 Å². The number of carbonyl (C=O) groups excluding carboxylic acids is 2. The van der Waals surface area contributed by atoms with Gasteiger partial charge in [-0.2, -0.15) is 0 Å². The molecule has 2 aromatic rings. The zero-order valence-corrected chi connectivity index (χ0v) is 18.1. The highest BCUT2D eigenvalue weighted by Crippen LogP contribution is 2.30. The maximum Gasteiger partial charge on any atom is 0.573 e. The third kappa shape index (κ3) is 7.74. The lowest BCUT2D eigenvalue weighted by Crippen LogP contribution is -2.21. The number of carbonyl (C=O) groups is 2. The van der Waals surface area contributed by atoms with Crippen LogP contribution in [0.5, 0.6) is 11.5 Å². The highest BCUT2D eigenvalue weighted by molar-refractivity contribution is 5.84. The lowest BCUT2D eigenvalue weighted by Gasteiger charge is -2.17. The molecule has 0 spiro atoms. The van der Waals surface area contributed by atoms with E-state index in [2.05, 4.69) is 4.74 Å². The molecule has 0 aromatic heterocycles. The predicted octanol–water partition coefficient (Wildman–Crippen LogP) is 5.35. The second kappa shape index (κ2) is 10.5. The third-order valence-electron chi connectivity index (χ3n) is 4.99.